The number of aliphatic hydroxyl groups is 1. The van der Waals surface area contributed by atoms with E-state index >= 15 is 0 Å². The van der Waals surface area contributed by atoms with E-state index < -0.39 is 97.5 Å². The van der Waals surface area contributed by atoms with Crippen molar-refractivity contribution in [1.29, 1.82) is 0 Å². The zero-order valence-corrected chi connectivity index (χ0v) is 57.2. The van der Waals surface area contributed by atoms with Gasteiger partial charge in [-0.3, -0.25) is 37.3 Å². The molecule has 17 nitrogen and oxygen atoms in total. The number of hydrogen-bond donors (Lipinski definition) is 3. The highest BCUT2D eigenvalue weighted by Crippen LogP contribution is 2.45. The van der Waals surface area contributed by atoms with Crippen molar-refractivity contribution in [2.75, 3.05) is 39.6 Å². The molecule has 510 valence electrons. The molecule has 2 unspecified atom stereocenters. The van der Waals surface area contributed by atoms with E-state index in [0.717, 1.165) is 109 Å². The monoisotopic (exact) mass is 1270 g/mol. The van der Waals surface area contributed by atoms with E-state index in [-0.39, 0.29) is 25.7 Å². The van der Waals surface area contributed by atoms with Crippen LogP contribution in [0.5, 0.6) is 0 Å². The van der Waals surface area contributed by atoms with E-state index in [1.54, 1.807) is 0 Å². The lowest BCUT2D eigenvalue weighted by Crippen LogP contribution is -2.30. The molecule has 0 aliphatic heterocycles. The minimum Gasteiger partial charge on any atom is -0.462 e. The summed E-state index contributed by atoms with van der Waals surface area (Å²) >= 11 is 0. The Balaban J connectivity index is 5.20. The predicted octanol–water partition coefficient (Wildman–Crippen LogP) is 19.0. The summed E-state index contributed by atoms with van der Waals surface area (Å²) in [7, 11) is -9.89. The second-order valence-corrected chi connectivity index (χ2v) is 27.6. The van der Waals surface area contributed by atoms with Crippen LogP contribution in [0, 0.1) is 5.92 Å². The van der Waals surface area contributed by atoms with Crippen molar-refractivity contribution in [3.8, 4) is 0 Å². The van der Waals surface area contributed by atoms with Crippen LogP contribution in [-0.2, 0) is 65.4 Å². The molecule has 0 aromatic carbocycles. The number of carbonyl (C=O) groups is 4. The van der Waals surface area contributed by atoms with Crippen molar-refractivity contribution in [1.82, 2.24) is 0 Å². The maximum Gasteiger partial charge on any atom is 0.472 e. The first-order valence-corrected chi connectivity index (χ1v) is 38.1. The number of rotatable bonds is 67. The van der Waals surface area contributed by atoms with Crippen molar-refractivity contribution in [2.45, 2.75) is 361 Å². The normalized spacial score (nSPS) is 14.2. The lowest BCUT2D eigenvalue weighted by Gasteiger charge is -2.21. The summed E-state index contributed by atoms with van der Waals surface area (Å²) in [6, 6.07) is 0. The fourth-order valence-electron chi connectivity index (χ4n) is 10.1. The Bertz CT molecular complexity index is 1670. The molecule has 86 heavy (non-hydrogen) atoms. The Hall–Kier alpha value is -1.94. The molecule has 0 aliphatic carbocycles. The van der Waals surface area contributed by atoms with Crippen molar-refractivity contribution >= 4 is 39.5 Å². The first-order valence-electron chi connectivity index (χ1n) is 35.1. The third-order valence-electron chi connectivity index (χ3n) is 15.5. The second kappa shape index (κ2) is 60.6. The van der Waals surface area contributed by atoms with Crippen LogP contribution in [0.25, 0.3) is 0 Å². The summed E-state index contributed by atoms with van der Waals surface area (Å²) < 4.78 is 68.1. The van der Waals surface area contributed by atoms with Crippen LogP contribution in [-0.4, -0.2) is 96.7 Å². The average Bonchev–Trinajstić information content (AvgIpc) is 3.70. The highest BCUT2D eigenvalue weighted by Gasteiger charge is 2.30. The van der Waals surface area contributed by atoms with E-state index in [1.165, 1.54) is 154 Å². The van der Waals surface area contributed by atoms with Gasteiger partial charge in [0.15, 0.2) is 12.2 Å². The smallest absolute Gasteiger partial charge is 0.462 e. The summed E-state index contributed by atoms with van der Waals surface area (Å²) in [5.74, 6) is -1.39. The van der Waals surface area contributed by atoms with Gasteiger partial charge in [-0.25, -0.2) is 9.13 Å². The molecule has 19 heteroatoms. The summed E-state index contributed by atoms with van der Waals surface area (Å²) in [6.45, 7) is 7.17. The number of carbonyl (C=O) groups excluding carboxylic acids is 4. The van der Waals surface area contributed by atoms with Crippen LogP contribution in [0.1, 0.15) is 343 Å². The fraction of sp³-hybridized carbons (Fsp3) is 0.940. The average molecular weight is 1270 g/mol. The Kier molecular flexibility index (Phi) is 59.2. The number of phosphoric acid groups is 2. The molecule has 0 rings (SSSR count). The van der Waals surface area contributed by atoms with Gasteiger partial charge in [0.25, 0.3) is 0 Å². The van der Waals surface area contributed by atoms with Crippen LogP contribution < -0.4 is 0 Å². The number of phosphoric ester groups is 2. The van der Waals surface area contributed by atoms with Gasteiger partial charge in [-0.1, -0.05) is 291 Å². The first kappa shape index (κ1) is 84.1. The second-order valence-electron chi connectivity index (χ2n) is 24.7. The molecule has 0 aromatic rings. The number of ether oxygens (including phenoxy) is 4. The molecule has 0 fully saturated rings. The molecule has 0 aromatic heterocycles. The minimum atomic E-state index is -4.95. The fourth-order valence-corrected chi connectivity index (χ4v) is 11.7. The zero-order chi connectivity index (χ0) is 63.5. The standard InChI is InChI=1S/C67H130O17P2/c1-6-9-12-15-18-20-22-23-24-25-26-28-32-38-43-48-53-67(72)84-63(57-78-65(70)51-46-41-36-33-29-30-35-39-44-49-60(4)5)59-82-86(75,76)80-55-61(68)54-79-85(73,74)81-58-62(56-77-64(69)50-45-40-34-17-14-11-8-3)83-66(71)52-47-42-37-31-27-21-19-16-13-10-7-2/h60-63,68H,6-59H2,1-5H3,(H,73,74)(H,75,76)/t61-,62+,63+/m0/s1. The maximum absolute atomic E-state index is 13.0. The summed E-state index contributed by atoms with van der Waals surface area (Å²) in [5, 5.41) is 10.5. The summed E-state index contributed by atoms with van der Waals surface area (Å²) in [4.78, 5) is 72.3. The van der Waals surface area contributed by atoms with Gasteiger partial charge in [-0.15, -0.1) is 0 Å². The van der Waals surface area contributed by atoms with Gasteiger partial charge in [-0.05, 0) is 31.6 Å². The molecule has 0 bridgehead atoms. The van der Waals surface area contributed by atoms with Crippen LogP contribution in [0.3, 0.4) is 0 Å². The van der Waals surface area contributed by atoms with E-state index in [2.05, 4.69) is 34.6 Å². The number of esters is 4. The Morgan fingerprint density at radius 1 is 0.314 bits per heavy atom. The molecular formula is C67H130O17P2. The van der Waals surface area contributed by atoms with Crippen LogP contribution in [0.2, 0.25) is 0 Å². The largest absolute Gasteiger partial charge is 0.472 e. The minimum absolute atomic E-state index is 0.107. The zero-order valence-electron chi connectivity index (χ0n) is 55.4. The molecule has 0 radical (unpaired) electrons. The van der Waals surface area contributed by atoms with Gasteiger partial charge in [0.05, 0.1) is 26.4 Å². The van der Waals surface area contributed by atoms with E-state index in [0.29, 0.717) is 25.7 Å². The Labute approximate surface area is 524 Å². The summed E-state index contributed by atoms with van der Waals surface area (Å²) in [5.41, 5.74) is 0. The van der Waals surface area contributed by atoms with Crippen molar-refractivity contribution in [3.63, 3.8) is 0 Å². The third kappa shape index (κ3) is 60.9. The van der Waals surface area contributed by atoms with Crippen molar-refractivity contribution in [3.05, 3.63) is 0 Å². The molecular weight excluding hydrogens is 1140 g/mol. The van der Waals surface area contributed by atoms with Gasteiger partial charge in [0.1, 0.15) is 19.3 Å². The molecule has 5 atom stereocenters. The van der Waals surface area contributed by atoms with Gasteiger partial charge < -0.3 is 33.8 Å². The lowest BCUT2D eigenvalue weighted by atomic mass is 10.0. The number of unbranched alkanes of at least 4 members (excludes halogenated alkanes) is 39. The molecule has 0 heterocycles. The number of aliphatic hydroxyl groups excluding tert-OH is 1. The van der Waals surface area contributed by atoms with Crippen molar-refractivity contribution < 1.29 is 80.2 Å². The Morgan fingerprint density at radius 2 is 0.535 bits per heavy atom. The maximum atomic E-state index is 13.0. The number of hydrogen-bond acceptors (Lipinski definition) is 15. The van der Waals surface area contributed by atoms with E-state index in [1.807, 2.05) is 0 Å². The van der Waals surface area contributed by atoms with E-state index in [9.17, 15) is 43.2 Å². The van der Waals surface area contributed by atoms with Crippen molar-refractivity contribution in [2.24, 2.45) is 5.92 Å². The lowest BCUT2D eigenvalue weighted by molar-refractivity contribution is -0.161. The van der Waals surface area contributed by atoms with E-state index in [4.69, 9.17) is 37.0 Å². The van der Waals surface area contributed by atoms with Gasteiger partial charge >= 0.3 is 39.5 Å². The molecule has 0 saturated carbocycles. The molecule has 0 aliphatic rings. The van der Waals surface area contributed by atoms with Gasteiger partial charge in [-0.2, -0.15) is 0 Å². The molecule has 0 spiro atoms. The molecule has 3 N–H and O–H groups in total. The highest BCUT2D eigenvalue weighted by molar-refractivity contribution is 7.47. The first-order chi connectivity index (χ1) is 41.5. The SMILES string of the molecule is CCCCCCCCCCCCCCCCCCC(=O)O[C@H](COC(=O)CCCCCCCCCCCC(C)C)COP(=O)(O)OC[C@@H](O)COP(=O)(O)OC[C@@H](COC(=O)CCCCCCCCC)OC(=O)CCCCCCCCCCCCC. The topological polar surface area (TPSA) is 237 Å². The van der Waals surface area contributed by atoms with Gasteiger partial charge in [0.2, 0.25) is 0 Å². The quantitative estimate of drug-likeness (QED) is 0.0222. The van der Waals surface area contributed by atoms with Crippen LogP contribution in [0.4, 0.5) is 0 Å². The molecule has 0 saturated heterocycles. The van der Waals surface area contributed by atoms with Gasteiger partial charge in [0, 0.05) is 25.7 Å². The van der Waals surface area contributed by atoms with Crippen LogP contribution in [0.15, 0.2) is 0 Å². The van der Waals surface area contributed by atoms with Crippen LogP contribution >= 0.6 is 15.6 Å². The predicted molar refractivity (Wildman–Crippen MR) is 345 cm³/mol. The highest BCUT2D eigenvalue weighted by atomic mass is 31.2. The molecule has 0 amide bonds. The summed E-state index contributed by atoms with van der Waals surface area (Å²) in [6.07, 6.45) is 45.9. The third-order valence-corrected chi connectivity index (χ3v) is 17.4. The Morgan fingerprint density at radius 3 is 0.791 bits per heavy atom.